The zero-order valence-corrected chi connectivity index (χ0v) is 21.0. The van der Waals surface area contributed by atoms with E-state index in [1.54, 1.807) is 0 Å². The van der Waals surface area contributed by atoms with Crippen molar-refractivity contribution < 1.29 is 27.7 Å². The Morgan fingerprint density at radius 2 is 1.23 bits per heavy atom. The third-order valence-corrected chi connectivity index (χ3v) is 7.33. The van der Waals surface area contributed by atoms with E-state index in [1.165, 1.54) is 83.3 Å². The van der Waals surface area contributed by atoms with Crippen molar-refractivity contribution in [2.24, 2.45) is 0 Å². The summed E-state index contributed by atoms with van der Waals surface area (Å²) in [4.78, 5) is 9.84. The number of hydrogen-bond acceptors (Lipinski definition) is 4. The van der Waals surface area contributed by atoms with Crippen LogP contribution < -0.4 is 0 Å². The van der Waals surface area contributed by atoms with Gasteiger partial charge in [-0.1, -0.05) is 70.8 Å². The maximum atomic E-state index is 12.0. The summed E-state index contributed by atoms with van der Waals surface area (Å²) in [7, 11) is -1.70. The topological polar surface area (TPSA) is 65.0 Å². The Labute approximate surface area is 191 Å². The van der Waals surface area contributed by atoms with Crippen LogP contribution in [0.2, 0.25) is 0 Å². The number of rotatable bonds is 21. The zero-order valence-electron chi connectivity index (χ0n) is 20.1. The van der Waals surface area contributed by atoms with Crippen LogP contribution in [0.1, 0.15) is 96.3 Å². The number of phosphoric acid groups is 1. The van der Waals surface area contributed by atoms with Gasteiger partial charge < -0.3 is 14.1 Å². The molecule has 6 nitrogen and oxygen atoms in total. The first-order valence-corrected chi connectivity index (χ1v) is 14.1. The highest BCUT2D eigenvalue weighted by Crippen LogP contribution is 2.43. The average Bonchev–Trinajstić information content (AvgIpc) is 2.73. The molecule has 0 aromatic heterocycles. The van der Waals surface area contributed by atoms with Crippen molar-refractivity contribution in [3.8, 4) is 0 Å². The van der Waals surface area contributed by atoms with E-state index in [1.807, 2.05) is 0 Å². The molecule has 0 radical (unpaired) electrons. The number of likely N-dealkylation sites (tertiary alicyclic amines) is 1. The highest BCUT2D eigenvalue weighted by atomic mass is 31.2. The third kappa shape index (κ3) is 16.8. The van der Waals surface area contributed by atoms with Crippen LogP contribution in [0.15, 0.2) is 12.8 Å². The Kier molecular flexibility index (Phi) is 16.7. The van der Waals surface area contributed by atoms with Crippen molar-refractivity contribution in [2.75, 3.05) is 46.5 Å². The lowest BCUT2D eigenvalue weighted by molar-refractivity contribution is -0.914. The maximum absolute atomic E-state index is 12.0. The van der Waals surface area contributed by atoms with Gasteiger partial charge in [-0.05, 0) is 32.1 Å². The lowest BCUT2D eigenvalue weighted by atomic mass is 10.1. The standard InChI is InChI=1S/C24H48NO5P/c1-3-28-22-17-12-10-8-6-4-5-7-9-11-13-18-23-29-31(26,27)30-24-21-25(2)19-15-14-16-20-25/h3H,1,4-24H2,2H3/p+1. The SMILES string of the molecule is C=COCCCCCCCCCCCCCCOP(=O)(O)OCC[N+]1(C)CCCCC1. The monoisotopic (exact) mass is 462 g/mol. The van der Waals surface area contributed by atoms with E-state index in [9.17, 15) is 9.46 Å². The van der Waals surface area contributed by atoms with Crippen LogP contribution in [0.25, 0.3) is 0 Å². The molecule has 1 unspecified atom stereocenters. The van der Waals surface area contributed by atoms with E-state index in [2.05, 4.69) is 13.6 Å². The molecule has 1 aliphatic rings. The highest BCUT2D eigenvalue weighted by molar-refractivity contribution is 7.47. The van der Waals surface area contributed by atoms with E-state index in [0.29, 0.717) is 6.61 Å². The molecule has 0 aromatic carbocycles. The van der Waals surface area contributed by atoms with Crippen molar-refractivity contribution in [1.29, 1.82) is 0 Å². The van der Waals surface area contributed by atoms with Gasteiger partial charge in [0.1, 0.15) is 13.2 Å². The smallest absolute Gasteiger partial charge is 0.472 e. The van der Waals surface area contributed by atoms with Crippen LogP contribution in [-0.2, 0) is 18.3 Å². The third-order valence-electron chi connectivity index (χ3n) is 6.31. The van der Waals surface area contributed by atoms with Crippen molar-refractivity contribution in [3.63, 3.8) is 0 Å². The van der Waals surface area contributed by atoms with Crippen LogP contribution in [0, 0.1) is 0 Å². The number of piperidine rings is 1. The van der Waals surface area contributed by atoms with Gasteiger partial charge in [-0.2, -0.15) is 0 Å². The van der Waals surface area contributed by atoms with Crippen molar-refractivity contribution in [3.05, 3.63) is 12.8 Å². The van der Waals surface area contributed by atoms with Crippen LogP contribution in [0.4, 0.5) is 0 Å². The molecule has 0 aliphatic carbocycles. The van der Waals surface area contributed by atoms with Crippen molar-refractivity contribution >= 4 is 7.82 Å². The van der Waals surface area contributed by atoms with Gasteiger partial charge in [0.25, 0.3) is 0 Å². The fourth-order valence-electron chi connectivity index (χ4n) is 4.23. The van der Waals surface area contributed by atoms with Gasteiger partial charge >= 0.3 is 7.82 Å². The summed E-state index contributed by atoms with van der Waals surface area (Å²) in [6.07, 6.45) is 19.8. The minimum absolute atomic E-state index is 0.286. The molecule has 1 rings (SSSR count). The molecule has 1 aliphatic heterocycles. The van der Waals surface area contributed by atoms with E-state index in [-0.39, 0.29) is 6.61 Å². The van der Waals surface area contributed by atoms with Gasteiger partial charge in [-0.25, -0.2) is 4.57 Å². The zero-order chi connectivity index (χ0) is 22.7. The predicted octanol–water partition coefficient (Wildman–Crippen LogP) is 6.59. The van der Waals surface area contributed by atoms with Gasteiger partial charge in [0.05, 0.1) is 39.6 Å². The highest BCUT2D eigenvalue weighted by Gasteiger charge is 2.27. The molecule has 1 N–H and O–H groups in total. The minimum Gasteiger partial charge on any atom is -0.502 e. The number of nitrogens with zero attached hydrogens (tertiary/aromatic N) is 1. The molecule has 0 spiro atoms. The first kappa shape index (κ1) is 28.6. The fourth-order valence-corrected chi connectivity index (χ4v) is 4.98. The number of likely N-dealkylation sites (N-methyl/N-ethyl adjacent to an activating group) is 1. The Morgan fingerprint density at radius 3 is 1.74 bits per heavy atom. The normalized spacial score (nSPS) is 17.9. The lowest BCUT2D eigenvalue weighted by Crippen LogP contribution is -2.49. The summed E-state index contributed by atoms with van der Waals surface area (Å²) in [5.74, 6) is 0. The van der Waals surface area contributed by atoms with E-state index >= 15 is 0 Å². The summed E-state index contributed by atoms with van der Waals surface area (Å²) in [5.41, 5.74) is 0. The average molecular weight is 463 g/mol. The molecule has 0 saturated carbocycles. The molecule has 1 heterocycles. The van der Waals surface area contributed by atoms with Gasteiger partial charge in [0.15, 0.2) is 0 Å². The number of quaternary nitrogens is 1. The number of ether oxygens (including phenoxy) is 1. The van der Waals surface area contributed by atoms with Gasteiger partial charge in [-0.15, -0.1) is 0 Å². The molecule has 1 fully saturated rings. The Balaban J connectivity index is 1.84. The largest absolute Gasteiger partial charge is 0.502 e. The van der Waals surface area contributed by atoms with Gasteiger partial charge in [0.2, 0.25) is 0 Å². The minimum atomic E-state index is -3.90. The van der Waals surface area contributed by atoms with Gasteiger partial charge in [0, 0.05) is 0 Å². The molecular formula is C24H49NO5P+. The number of phosphoric ester groups is 1. The predicted molar refractivity (Wildman–Crippen MR) is 128 cm³/mol. The van der Waals surface area contributed by atoms with Crippen molar-refractivity contribution in [2.45, 2.75) is 96.3 Å². The fraction of sp³-hybridized carbons (Fsp3) is 0.917. The second-order valence-corrected chi connectivity index (χ2v) is 10.7. The molecule has 184 valence electrons. The quantitative estimate of drug-likeness (QED) is 0.0902. The maximum Gasteiger partial charge on any atom is 0.472 e. The summed E-state index contributed by atoms with van der Waals surface area (Å²) >= 11 is 0. The first-order chi connectivity index (χ1) is 15.0. The Hall–Kier alpha value is -0.390. The molecule has 7 heteroatoms. The summed E-state index contributed by atoms with van der Waals surface area (Å²) < 4.78 is 28.4. The van der Waals surface area contributed by atoms with E-state index in [0.717, 1.165) is 50.0 Å². The van der Waals surface area contributed by atoms with Gasteiger partial charge in [-0.3, -0.25) is 9.05 Å². The van der Waals surface area contributed by atoms with Crippen LogP contribution in [0.5, 0.6) is 0 Å². The summed E-state index contributed by atoms with van der Waals surface area (Å²) in [5, 5.41) is 0. The summed E-state index contributed by atoms with van der Waals surface area (Å²) in [6, 6.07) is 0. The summed E-state index contributed by atoms with van der Waals surface area (Å²) in [6.45, 7) is 7.97. The van der Waals surface area contributed by atoms with Crippen LogP contribution in [-0.4, -0.2) is 55.9 Å². The molecule has 0 amide bonds. The van der Waals surface area contributed by atoms with Crippen LogP contribution >= 0.6 is 7.82 Å². The molecule has 0 aromatic rings. The van der Waals surface area contributed by atoms with Crippen LogP contribution in [0.3, 0.4) is 0 Å². The number of unbranched alkanes of at least 4 members (excludes halogenated alkanes) is 11. The lowest BCUT2D eigenvalue weighted by Gasteiger charge is -2.37. The molecule has 1 saturated heterocycles. The van der Waals surface area contributed by atoms with Crippen molar-refractivity contribution in [1.82, 2.24) is 0 Å². The van der Waals surface area contributed by atoms with E-state index in [4.69, 9.17) is 13.8 Å². The molecule has 31 heavy (non-hydrogen) atoms. The first-order valence-electron chi connectivity index (χ1n) is 12.7. The molecule has 0 bridgehead atoms. The molecular weight excluding hydrogens is 413 g/mol. The van der Waals surface area contributed by atoms with E-state index < -0.39 is 7.82 Å². The Morgan fingerprint density at radius 1 is 0.774 bits per heavy atom. The molecule has 1 atom stereocenters. The number of hydrogen-bond donors (Lipinski definition) is 1. The second kappa shape index (κ2) is 18.1. The Bertz CT molecular complexity index is 483. The second-order valence-electron chi connectivity index (χ2n) is 9.27.